The molecule has 0 amide bonds. The Kier molecular flexibility index (Phi) is 4.88. The topological polar surface area (TPSA) is 33.0 Å². The first-order valence-corrected chi connectivity index (χ1v) is 5.05. The lowest BCUT2D eigenvalue weighted by Gasteiger charge is -2.04. The van der Waals surface area contributed by atoms with Gasteiger partial charge in [0.2, 0.25) is 0 Å². The Balaban J connectivity index is 2.33. The number of nitrogens with zero attached hydrogens (tertiary/aromatic N) is 1. The van der Waals surface area contributed by atoms with Crippen molar-refractivity contribution in [1.82, 2.24) is 0 Å². The van der Waals surface area contributed by atoms with Gasteiger partial charge in [-0.25, -0.2) is 0 Å². The van der Waals surface area contributed by atoms with Crippen molar-refractivity contribution in [2.75, 3.05) is 6.61 Å². The maximum atomic E-state index is 8.31. The monoisotopic (exact) mass is 209 g/mol. The third-order valence-corrected chi connectivity index (χ3v) is 2.09. The lowest BCUT2D eigenvalue weighted by molar-refractivity contribution is 0.312. The van der Waals surface area contributed by atoms with Crippen LogP contribution < -0.4 is 4.74 Å². The second-order valence-corrected chi connectivity index (χ2v) is 3.15. The van der Waals surface area contributed by atoms with Crippen LogP contribution in [0.2, 0.25) is 0 Å². The lowest BCUT2D eigenvalue weighted by atomic mass is 10.2. The molecule has 74 valence electrons. The molecule has 0 N–H and O–H groups in total. The average Bonchev–Trinajstić information content (AvgIpc) is 2.25. The van der Waals surface area contributed by atoms with Gasteiger partial charge in [-0.3, -0.25) is 0 Å². The van der Waals surface area contributed by atoms with E-state index in [0.717, 1.165) is 17.7 Å². The summed E-state index contributed by atoms with van der Waals surface area (Å²) in [5.74, 6) is 1.35. The molecule has 1 aromatic carbocycles. The van der Waals surface area contributed by atoms with E-state index in [2.05, 4.69) is 6.07 Å². The van der Waals surface area contributed by atoms with Crippen LogP contribution in [-0.2, 0) is 5.88 Å². The number of alkyl halides is 1. The van der Waals surface area contributed by atoms with E-state index in [4.69, 9.17) is 21.6 Å². The Hall–Kier alpha value is -1.20. The van der Waals surface area contributed by atoms with Gasteiger partial charge in [0.05, 0.1) is 12.7 Å². The maximum Gasteiger partial charge on any atom is 0.119 e. The van der Waals surface area contributed by atoms with E-state index >= 15 is 0 Å². The maximum absolute atomic E-state index is 8.31. The van der Waals surface area contributed by atoms with E-state index < -0.39 is 0 Å². The molecular weight excluding hydrogens is 198 g/mol. The number of ether oxygens (including phenoxy) is 1. The molecule has 2 nitrogen and oxygen atoms in total. The van der Waals surface area contributed by atoms with E-state index in [-0.39, 0.29) is 0 Å². The van der Waals surface area contributed by atoms with Crippen molar-refractivity contribution in [2.24, 2.45) is 0 Å². The zero-order chi connectivity index (χ0) is 10.2. The van der Waals surface area contributed by atoms with E-state index in [1.54, 1.807) is 0 Å². The fourth-order valence-electron chi connectivity index (χ4n) is 1.02. The minimum atomic E-state index is 0.523. The molecule has 0 aliphatic heterocycles. The molecule has 14 heavy (non-hydrogen) atoms. The van der Waals surface area contributed by atoms with Gasteiger partial charge in [0, 0.05) is 12.3 Å². The second-order valence-electron chi connectivity index (χ2n) is 2.89. The van der Waals surface area contributed by atoms with Crippen LogP contribution in [0.1, 0.15) is 18.4 Å². The molecule has 3 heteroatoms. The minimum Gasteiger partial charge on any atom is -0.494 e. The number of benzene rings is 1. The van der Waals surface area contributed by atoms with Gasteiger partial charge in [0.15, 0.2) is 0 Å². The van der Waals surface area contributed by atoms with Crippen LogP contribution >= 0.6 is 11.6 Å². The van der Waals surface area contributed by atoms with Gasteiger partial charge in [0.25, 0.3) is 0 Å². The summed E-state index contributed by atoms with van der Waals surface area (Å²) in [4.78, 5) is 0. The Labute approximate surface area is 89.1 Å². The summed E-state index contributed by atoms with van der Waals surface area (Å²) in [6.45, 7) is 0.591. The first-order chi connectivity index (χ1) is 6.86. The van der Waals surface area contributed by atoms with Crippen molar-refractivity contribution in [3.63, 3.8) is 0 Å². The zero-order valence-corrected chi connectivity index (χ0v) is 8.63. The van der Waals surface area contributed by atoms with Crippen LogP contribution in [0.3, 0.4) is 0 Å². The molecule has 1 aromatic rings. The van der Waals surface area contributed by atoms with Crippen molar-refractivity contribution in [3.8, 4) is 11.8 Å². The second kappa shape index (κ2) is 6.28. The molecule has 0 saturated carbocycles. The van der Waals surface area contributed by atoms with Crippen LogP contribution in [0.4, 0.5) is 0 Å². The highest BCUT2D eigenvalue weighted by Crippen LogP contribution is 2.13. The predicted octanol–water partition coefficient (Wildman–Crippen LogP) is 3.11. The van der Waals surface area contributed by atoms with Crippen LogP contribution in [0.5, 0.6) is 5.75 Å². The SMILES string of the molecule is N#CCCCOc1ccc(CCl)cc1. The Morgan fingerprint density at radius 3 is 2.57 bits per heavy atom. The molecule has 0 unspecified atom stereocenters. The molecule has 0 aliphatic carbocycles. The number of unbranched alkanes of at least 4 members (excludes halogenated alkanes) is 1. The van der Waals surface area contributed by atoms with Gasteiger partial charge >= 0.3 is 0 Å². The average molecular weight is 210 g/mol. The van der Waals surface area contributed by atoms with Gasteiger partial charge in [-0.2, -0.15) is 5.26 Å². The highest BCUT2D eigenvalue weighted by Gasteiger charge is 1.94. The zero-order valence-electron chi connectivity index (χ0n) is 7.87. The molecule has 0 saturated heterocycles. The fourth-order valence-corrected chi connectivity index (χ4v) is 1.19. The molecule has 1 rings (SSSR count). The van der Waals surface area contributed by atoms with E-state index in [1.165, 1.54) is 0 Å². The summed E-state index contributed by atoms with van der Waals surface area (Å²) in [6.07, 6.45) is 1.31. The van der Waals surface area contributed by atoms with Gasteiger partial charge in [-0.05, 0) is 24.1 Å². The third-order valence-electron chi connectivity index (χ3n) is 1.78. The predicted molar refractivity (Wildman–Crippen MR) is 56.3 cm³/mol. The molecule has 0 heterocycles. The Morgan fingerprint density at radius 1 is 1.29 bits per heavy atom. The number of hydrogen-bond donors (Lipinski definition) is 0. The number of halogens is 1. The third kappa shape index (κ3) is 3.68. The number of nitriles is 1. The number of rotatable bonds is 5. The molecular formula is C11H12ClNO. The van der Waals surface area contributed by atoms with Crippen molar-refractivity contribution in [3.05, 3.63) is 29.8 Å². The Bertz CT molecular complexity index is 302. The molecule has 0 spiro atoms. The van der Waals surface area contributed by atoms with Crippen LogP contribution in [0.25, 0.3) is 0 Å². The Morgan fingerprint density at radius 2 is 2.00 bits per heavy atom. The smallest absolute Gasteiger partial charge is 0.119 e. The van der Waals surface area contributed by atoms with Crippen LogP contribution in [0, 0.1) is 11.3 Å². The molecule has 0 fully saturated rings. The van der Waals surface area contributed by atoms with Crippen molar-refractivity contribution in [2.45, 2.75) is 18.7 Å². The van der Waals surface area contributed by atoms with Gasteiger partial charge < -0.3 is 4.74 Å². The number of hydrogen-bond acceptors (Lipinski definition) is 2. The summed E-state index contributed by atoms with van der Waals surface area (Å²) in [5, 5.41) is 8.31. The molecule has 0 aromatic heterocycles. The summed E-state index contributed by atoms with van der Waals surface area (Å²) in [7, 11) is 0. The normalized spacial score (nSPS) is 9.43. The molecule has 0 bridgehead atoms. The minimum absolute atomic E-state index is 0.523. The molecule has 0 atom stereocenters. The summed E-state index contributed by atoms with van der Waals surface area (Å²) >= 11 is 5.65. The van der Waals surface area contributed by atoms with E-state index in [1.807, 2.05) is 24.3 Å². The molecule has 0 aliphatic rings. The van der Waals surface area contributed by atoms with Crippen LogP contribution in [-0.4, -0.2) is 6.61 Å². The first kappa shape index (κ1) is 10.9. The van der Waals surface area contributed by atoms with Crippen molar-refractivity contribution in [1.29, 1.82) is 5.26 Å². The van der Waals surface area contributed by atoms with E-state index in [0.29, 0.717) is 18.9 Å². The van der Waals surface area contributed by atoms with Gasteiger partial charge in [0.1, 0.15) is 5.75 Å². The van der Waals surface area contributed by atoms with Gasteiger partial charge in [-0.1, -0.05) is 12.1 Å². The van der Waals surface area contributed by atoms with Crippen molar-refractivity contribution >= 4 is 11.6 Å². The summed E-state index contributed by atoms with van der Waals surface area (Å²) in [5.41, 5.74) is 1.08. The highest BCUT2D eigenvalue weighted by atomic mass is 35.5. The van der Waals surface area contributed by atoms with E-state index in [9.17, 15) is 0 Å². The summed E-state index contributed by atoms with van der Waals surface area (Å²) in [6, 6.07) is 9.73. The fraction of sp³-hybridized carbons (Fsp3) is 0.364. The van der Waals surface area contributed by atoms with Crippen molar-refractivity contribution < 1.29 is 4.74 Å². The van der Waals surface area contributed by atoms with Gasteiger partial charge in [-0.15, -0.1) is 11.6 Å². The largest absolute Gasteiger partial charge is 0.494 e. The first-order valence-electron chi connectivity index (χ1n) is 4.51. The molecule has 0 radical (unpaired) electrons. The van der Waals surface area contributed by atoms with Crippen LogP contribution in [0.15, 0.2) is 24.3 Å². The highest BCUT2D eigenvalue weighted by molar-refractivity contribution is 6.17. The standard InChI is InChI=1S/C11H12ClNO/c12-9-10-3-5-11(6-4-10)14-8-2-1-7-13/h3-6H,1-2,8-9H2. The lowest BCUT2D eigenvalue weighted by Crippen LogP contribution is -1.96. The summed E-state index contributed by atoms with van der Waals surface area (Å²) < 4.78 is 5.41. The quantitative estimate of drug-likeness (QED) is 0.552.